The van der Waals surface area contributed by atoms with E-state index in [1.165, 1.54) is 0 Å². The van der Waals surface area contributed by atoms with Crippen molar-refractivity contribution in [1.29, 1.82) is 0 Å². The van der Waals surface area contributed by atoms with Crippen LogP contribution in [-0.2, 0) is 9.59 Å². The molecule has 0 radical (unpaired) electrons. The summed E-state index contributed by atoms with van der Waals surface area (Å²) in [4.78, 5) is 29.0. The molecule has 1 amide bonds. The monoisotopic (exact) mass is 475 g/mol. The Morgan fingerprint density at radius 1 is 1.09 bits per heavy atom. The summed E-state index contributed by atoms with van der Waals surface area (Å²) >= 11 is 0. The van der Waals surface area contributed by atoms with E-state index in [9.17, 15) is 9.59 Å². The van der Waals surface area contributed by atoms with Crippen molar-refractivity contribution in [3.05, 3.63) is 59.3 Å². The maximum Gasteiger partial charge on any atom is 0.239 e. The van der Waals surface area contributed by atoms with Crippen LogP contribution in [0.4, 0.5) is 11.4 Å². The van der Waals surface area contributed by atoms with E-state index in [-0.39, 0.29) is 29.7 Å². The van der Waals surface area contributed by atoms with Gasteiger partial charge in [0.1, 0.15) is 0 Å². The Kier molecular flexibility index (Phi) is 5.95. The fraction of sp³-hybridized carbons (Fsp3) is 0.429. The largest absolute Gasteiger partial charge is 0.493 e. The second-order valence-electron chi connectivity index (χ2n) is 10.4. The lowest BCUT2D eigenvalue weighted by Crippen LogP contribution is -2.42. The van der Waals surface area contributed by atoms with Crippen molar-refractivity contribution in [2.75, 3.05) is 31.0 Å². The molecule has 0 aromatic heterocycles. The van der Waals surface area contributed by atoms with Gasteiger partial charge in [-0.1, -0.05) is 38.1 Å². The van der Waals surface area contributed by atoms with Crippen molar-refractivity contribution >= 4 is 23.1 Å². The fourth-order valence-electron chi connectivity index (χ4n) is 5.33. The quantitative estimate of drug-likeness (QED) is 0.636. The number of ether oxygens (including phenoxy) is 2. The molecule has 2 aromatic rings. The van der Waals surface area contributed by atoms with Crippen LogP contribution < -0.4 is 25.0 Å². The number of benzene rings is 2. The first-order valence-corrected chi connectivity index (χ1v) is 12.2. The van der Waals surface area contributed by atoms with E-state index in [1.807, 2.05) is 47.4 Å². The highest BCUT2D eigenvalue weighted by Gasteiger charge is 2.43. The topological polar surface area (TPSA) is 79.9 Å². The van der Waals surface area contributed by atoms with E-state index >= 15 is 0 Å². The van der Waals surface area contributed by atoms with Gasteiger partial charge < -0.3 is 25.0 Å². The van der Waals surface area contributed by atoms with E-state index < -0.39 is 6.04 Å². The SMILES string of the molecule is COc1cccc(C2C3=C(CC(C)(C)CC3=O)Nc3ccccc3N2CC(=O)NC2CC2)c1OC. The molecule has 1 unspecified atom stereocenters. The summed E-state index contributed by atoms with van der Waals surface area (Å²) in [6.07, 6.45) is 3.20. The number of anilines is 2. The highest BCUT2D eigenvalue weighted by molar-refractivity contribution is 6.02. The van der Waals surface area contributed by atoms with Crippen LogP contribution in [0.3, 0.4) is 0 Å². The molecule has 184 valence electrons. The Morgan fingerprint density at radius 2 is 1.86 bits per heavy atom. The third-order valence-corrected chi connectivity index (χ3v) is 6.99. The number of amides is 1. The van der Waals surface area contributed by atoms with Crippen LogP contribution in [0.2, 0.25) is 0 Å². The number of hydrogen-bond acceptors (Lipinski definition) is 6. The van der Waals surface area contributed by atoms with Crippen LogP contribution in [0.5, 0.6) is 11.5 Å². The summed E-state index contributed by atoms with van der Waals surface area (Å²) in [5.74, 6) is 1.18. The number of carbonyl (C=O) groups excluding carboxylic acids is 2. The number of nitrogens with zero attached hydrogens (tertiary/aromatic N) is 1. The molecule has 3 aliphatic rings. The molecule has 1 saturated carbocycles. The molecule has 1 fully saturated rings. The van der Waals surface area contributed by atoms with Gasteiger partial charge in [0.25, 0.3) is 0 Å². The zero-order valence-corrected chi connectivity index (χ0v) is 20.8. The molecule has 35 heavy (non-hydrogen) atoms. The summed E-state index contributed by atoms with van der Waals surface area (Å²) < 4.78 is 11.4. The number of allylic oxidation sites excluding steroid dienone is 1. The molecule has 2 N–H and O–H groups in total. The Labute approximate surface area is 206 Å². The molecule has 1 aliphatic heterocycles. The van der Waals surface area contributed by atoms with Crippen molar-refractivity contribution in [3.8, 4) is 11.5 Å². The van der Waals surface area contributed by atoms with Crippen LogP contribution in [-0.4, -0.2) is 38.5 Å². The summed E-state index contributed by atoms with van der Waals surface area (Å²) in [6.45, 7) is 4.36. The first kappa shape index (κ1) is 23.3. The van der Waals surface area contributed by atoms with Gasteiger partial charge in [-0.05, 0) is 42.9 Å². The van der Waals surface area contributed by atoms with E-state index in [0.717, 1.165) is 41.9 Å². The third-order valence-electron chi connectivity index (χ3n) is 6.99. The van der Waals surface area contributed by atoms with Crippen LogP contribution in [0, 0.1) is 5.41 Å². The number of ketones is 1. The number of para-hydroxylation sites is 3. The predicted octanol–water partition coefficient (Wildman–Crippen LogP) is 4.60. The molecule has 2 aromatic carbocycles. The van der Waals surface area contributed by atoms with Gasteiger partial charge in [-0.15, -0.1) is 0 Å². The summed E-state index contributed by atoms with van der Waals surface area (Å²) in [5.41, 5.74) is 3.97. The molecular weight excluding hydrogens is 442 g/mol. The number of hydrogen-bond donors (Lipinski definition) is 2. The second kappa shape index (κ2) is 8.95. The van der Waals surface area contributed by atoms with Gasteiger partial charge in [-0.25, -0.2) is 0 Å². The fourth-order valence-corrected chi connectivity index (χ4v) is 5.33. The van der Waals surface area contributed by atoms with Gasteiger partial charge in [0.15, 0.2) is 17.3 Å². The number of Topliss-reactive ketones (excluding diaryl/α,β-unsaturated/α-hetero) is 1. The Hall–Kier alpha value is -3.48. The van der Waals surface area contributed by atoms with Gasteiger partial charge in [-0.3, -0.25) is 9.59 Å². The van der Waals surface area contributed by atoms with Crippen molar-refractivity contribution in [2.45, 2.75) is 51.6 Å². The number of carbonyl (C=O) groups is 2. The molecule has 7 heteroatoms. The van der Waals surface area contributed by atoms with Crippen LogP contribution in [0.25, 0.3) is 0 Å². The molecule has 0 spiro atoms. The first-order valence-electron chi connectivity index (χ1n) is 12.2. The van der Waals surface area contributed by atoms with Crippen LogP contribution in [0.15, 0.2) is 53.7 Å². The minimum absolute atomic E-state index is 0.0539. The molecule has 0 bridgehead atoms. The average Bonchev–Trinajstić information content (AvgIpc) is 3.64. The van der Waals surface area contributed by atoms with E-state index in [2.05, 4.69) is 24.5 Å². The Morgan fingerprint density at radius 3 is 2.57 bits per heavy atom. The zero-order valence-electron chi connectivity index (χ0n) is 20.8. The Balaban J connectivity index is 1.73. The van der Waals surface area contributed by atoms with Crippen LogP contribution in [0.1, 0.15) is 51.1 Å². The summed E-state index contributed by atoms with van der Waals surface area (Å²) in [7, 11) is 3.21. The molecule has 2 aliphatic carbocycles. The minimum Gasteiger partial charge on any atom is -0.493 e. The molecule has 1 atom stereocenters. The smallest absolute Gasteiger partial charge is 0.239 e. The lowest BCUT2D eigenvalue weighted by molar-refractivity contribution is -0.120. The maximum absolute atomic E-state index is 13.8. The lowest BCUT2D eigenvalue weighted by Gasteiger charge is -2.38. The first-order chi connectivity index (χ1) is 16.8. The third kappa shape index (κ3) is 4.47. The van der Waals surface area contributed by atoms with Gasteiger partial charge >= 0.3 is 0 Å². The lowest BCUT2D eigenvalue weighted by atomic mass is 9.73. The molecule has 7 nitrogen and oxygen atoms in total. The molecule has 0 saturated heterocycles. The van der Waals surface area contributed by atoms with Gasteiger partial charge in [0.05, 0.1) is 38.2 Å². The normalized spacial score (nSPS) is 20.9. The van der Waals surface area contributed by atoms with Gasteiger partial charge in [-0.2, -0.15) is 0 Å². The van der Waals surface area contributed by atoms with Crippen molar-refractivity contribution in [1.82, 2.24) is 5.32 Å². The van der Waals surface area contributed by atoms with E-state index in [0.29, 0.717) is 23.5 Å². The van der Waals surface area contributed by atoms with Crippen molar-refractivity contribution < 1.29 is 19.1 Å². The summed E-state index contributed by atoms with van der Waals surface area (Å²) in [5, 5.41) is 6.70. The molecule has 5 rings (SSSR count). The minimum atomic E-state index is -0.514. The van der Waals surface area contributed by atoms with Crippen molar-refractivity contribution in [3.63, 3.8) is 0 Å². The standard InChI is InChI=1S/C28H33N3O4/c1-28(2)14-20-25(22(32)15-28)26(18-8-7-11-23(34-3)27(18)35-4)31(16-24(33)29-17-12-13-17)21-10-6-5-9-19(21)30-20/h5-11,17,26,30H,12-16H2,1-4H3,(H,29,33). The molecular formula is C28H33N3O4. The Bertz CT molecular complexity index is 1200. The number of rotatable bonds is 6. The number of nitrogens with one attached hydrogen (secondary N) is 2. The second-order valence-corrected chi connectivity index (χ2v) is 10.4. The number of fused-ring (bicyclic) bond motifs is 1. The average molecular weight is 476 g/mol. The summed E-state index contributed by atoms with van der Waals surface area (Å²) in [6, 6.07) is 13.4. The van der Waals surface area contributed by atoms with E-state index in [1.54, 1.807) is 14.2 Å². The zero-order chi connectivity index (χ0) is 24.7. The van der Waals surface area contributed by atoms with Gasteiger partial charge in [0.2, 0.25) is 5.91 Å². The predicted molar refractivity (Wildman–Crippen MR) is 136 cm³/mol. The highest BCUT2D eigenvalue weighted by Crippen LogP contribution is 2.50. The van der Waals surface area contributed by atoms with Gasteiger partial charge in [0, 0.05) is 29.3 Å². The molecule has 1 heterocycles. The van der Waals surface area contributed by atoms with Crippen LogP contribution >= 0.6 is 0 Å². The van der Waals surface area contributed by atoms with E-state index in [4.69, 9.17) is 9.47 Å². The highest BCUT2D eigenvalue weighted by atomic mass is 16.5. The van der Waals surface area contributed by atoms with Crippen molar-refractivity contribution in [2.24, 2.45) is 5.41 Å². The maximum atomic E-state index is 13.8. The number of methoxy groups -OCH3 is 2.